The molecule has 0 radical (unpaired) electrons. The highest BCUT2D eigenvalue weighted by Gasteiger charge is 2.19. The molecule has 100 valence electrons. The van der Waals surface area contributed by atoms with Gasteiger partial charge in [0.05, 0.1) is 12.2 Å². The Morgan fingerprint density at radius 1 is 1.61 bits per heavy atom. The van der Waals surface area contributed by atoms with Gasteiger partial charge in [0.1, 0.15) is 4.21 Å². The second-order valence-corrected chi connectivity index (χ2v) is 7.74. The van der Waals surface area contributed by atoms with Crippen LogP contribution in [-0.4, -0.2) is 34.1 Å². The zero-order chi connectivity index (χ0) is 13.2. The Bertz CT molecular complexity index is 534. The first-order valence-corrected chi connectivity index (χ1v) is 8.55. The summed E-state index contributed by atoms with van der Waals surface area (Å²) in [5, 5.41) is 4.24. The Hall–Kier alpha value is -0.630. The number of amides is 1. The van der Waals surface area contributed by atoms with Crippen LogP contribution in [0.2, 0.25) is 0 Å². The number of carbonyl (C=O) groups is 1. The van der Waals surface area contributed by atoms with Crippen LogP contribution >= 0.6 is 22.0 Å². The van der Waals surface area contributed by atoms with Gasteiger partial charge in [-0.05, 0) is 12.5 Å². The molecule has 1 N–H and O–H groups in total. The van der Waals surface area contributed by atoms with Crippen molar-refractivity contribution in [1.29, 1.82) is 0 Å². The highest BCUT2D eigenvalue weighted by Crippen LogP contribution is 2.23. The molecule has 0 spiro atoms. The van der Waals surface area contributed by atoms with Gasteiger partial charge < -0.3 is 10.1 Å². The lowest BCUT2D eigenvalue weighted by Crippen LogP contribution is -2.29. The third-order valence-corrected chi connectivity index (χ3v) is 5.69. The van der Waals surface area contributed by atoms with Gasteiger partial charge in [0.2, 0.25) is 0 Å². The molecular formula is C10H12ClNO4S2. The standard InChI is InChI=1S/C10H12ClNO4S2/c11-18(14,15)9-3-8(6-17-9)10(13)12-4-7-1-2-16-5-7/h3,6-7H,1-2,4-5H2,(H,12,13). The van der Waals surface area contributed by atoms with Crippen LogP contribution in [0.5, 0.6) is 0 Å². The number of carbonyl (C=O) groups excluding carboxylic acids is 1. The molecule has 2 heterocycles. The van der Waals surface area contributed by atoms with Crippen LogP contribution in [0.25, 0.3) is 0 Å². The van der Waals surface area contributed by atoms with E-state index in [0.29, 0.717) is 24.6 Å². The summed E-state index contributed by atoms with van der Waals surface area (Å²) in [5.41, 5.74) is 0.318. The van der Waals surface area contributed by atoms with Crippen LogP contribution in [0.1, 0.15) is 16.8 Å². The van der Waals surface area contributed by atoms with Crippen LogP contribution in [0, 0.1) is 5.92 Å². The molecule has 1 atom stereocenters. The molecule has 2 rings (SSSR count). The monoisotopic (exact) mass is 309 g/mol. The molecule has 1 amide bonds. The highest BCUT2D eigenvalue weighted by molar-refractivity contribution is 8.15. The van der Waals surface area contributed by atoms with Gasteiger partial charge in [0, 0.05) is 35.1 Å². The van der Waals surface area contributed by atoms with Gasteiger partial charge in [-0.3, -0.25) is 4.79 Å². The molecule has 0 aromatic carbocycles. The van der Waals surface area contributed by atoms with E-state index in [-0.39, 0.29) is 10.1 Å². The number of thiophene rings is 1. The Kier molecular flexibility index (Phi) is 4.26. The van der Waals surface area contributed by atoms with E-state index in [0.717, 1.165) is 24.4 Å². The van der Waals surface area contributed by atoms with E-state index in [9.17, 15) is 13.2 Å². The van der Waals surface area contributed by atoms with Crippen molar-refractivity contribution >= 4 is 37.0 Å². The molecule has 8 heteroatoms. The SMILES string of the molecule is O=C(NCC1CCOC1)c1csc(S(=O)(=O)Cl)c1. The summed E-state index contributed by atoms with van der Waals surface area (Å²) < 4.78 is 27.3. The zero-order valence-corrected chi connectivity index (χ0v) is 11.8. The van der Waals surface area contributed by atoms with E-state index < -0.39 is 9.05 Å². The molecular weight excluding hydrogens is 298 g/mol. The maximum Gasteiger partial charge on any atom is 0.270 e. The molecule has 1 saturated heterocycles. The number of rotatable bonds is 4. The molecule has 1 aromatic heterocycles. The van der Waals surface area contributed by atoms with E-state index in [1.807, 2.05) is 0 Å². The minimum absolute atomic E-state index is 0.0153. The molecule has 1 fully saturated rings. The van der Waals surface area contributed by atoms with Crippen molar-refractivity contribution in [3.63, 3.8) is 0 Å². The van der Waals surface area contributed by atoms with Crippen molar-refractivity contribution < 1.29 is 17.9 Å². The topological polar surface area (TPSA) is 72.5 Å². The molecule has 0 bridgehead atoms. The summed E-state index contributed by atoms with van der Waals surface area (Å²) in [5.74, 6) is 0.0496. The minimum Gasteiger partial charge on any atom is -0.381 e. The van der Waals surface area contributed by atoms with E-state index in [4.69, 9.17) is 15.4 Å². The van der Waals surface area contributed by atoms with Crippen LogP contribution in [0.4, 0.5) is 0 Å². The average molecular weight is 310 g/mol. The quantitative estimate of drug-likeness (QED) is 0.854. The molecule has 1 aliphatic rings. The highest BCUT2D eigenvalue weighted by atomic mass is 35.7. The number of ether oxygens (including phenoxy) is 1. The van der Waals surface area contributed by atoms with E-state index in [2.05, 4.69) is 5.32 Å². The number of hydrogen-bond acceptors (Lipinski definition) is 5. The number of halogens is 1. The predicted octanol–water partition coefficient (Wildman–Crippen LogP) is 1.44. The lowest BCUT2D eigenvalue weighted by atomic mass is 10.1. The summed E-state index contributed by atoms with van der Waals surface area (Å²) >= 11 is 0.937. The smallest absolute Gasteiger partial charge is 0.270 e. The summed E-state index contributed by atoms with van der Waals surface area (Å²) in [6, 6.07) is 1.29. The molecule has 0 saturated carbocycles. The fourth-order valence-electron chi connectivity index (χ4n) is 1.65. The first-order chi connectivity index (χ1) is 8.47. The second-order valence-electron chi connectivity index (χ2n) is 4.03. The van der Waals surface area contributed by atoms with Gasteiger partial charge in [0.15, 0.2) is 0 Å². The third kappa shape index (κ3) is 3.44. The van der Waals surface area contributed by atoms with E-state index in [1.165, 1.54) is 11.4 Å². The van der Waals surface area contributed by atoms with Crippen molar-refractivity contribution in [2.45, 2.75) is 10.6 Å². The van der Waals surface area contributed by atoms with Gasteiger partial charge in [-0.15, -0.1) is 11.3 Å². The Balaban J connectivity index is 1.94. The minimum atomic E-state index is -3.76. The molecule has 1 aliphatic heterocycles. The van der Waals surface area contributed by atoms with Gasteiger partial charge in [-0.1, -0.05) is 0 Å². The van der Waals surface area contributed by atoms with E-state index in [1.54, 1.807) is 0 Å². The predicted molar refractivity (Wildman–Crippen MR) is 68.6 cm³/mol. The summed E-state index contributed by atoms with van der Waals surface area (Å²) in [6.45, 7) is 1.93. The Morgan fingerprint density at radius 2 is 2.39 bits per heavy atom. The van der Waals surface area contributed by atoms with Crippen molar-refractivity contribution in [3.8, 4) is 0 Å². The maximum absolute atomic E-state index is 11.8. The van der Waals surface area contributed by atoms with Gasteiger partial charge in [-0.2, -0.15) is 0 Å². The van der Waals surface area contributed by atoms with Crippen molar-refractivity contribution in [2.75, 3.05) is 19.8 Å². The first-order valence-electron chi connectivity index (χ1n) is 5.36. The molecule has 5 nitrogen and oxygen atoms in total. The number of hydrogen-bond donors (Lipinski definition) is 1. The first kappa shape index (κ1) is 13.8. The van der Waals surface area contributed by atoms with Crippen LogP contribution in [0.3, 0.4) is 0 Å². The van der Waals surface area contributed by atoms with Crippen LogP contribution in [-0.2, 0) is 13.8 Å². The largest absolute Gasteiger partial charge is 0.381 e. The zero-order valence-electron chi connectivity index (χ0n) is 9.39. The fraction of sp³-hybridized carbons (Fsp3) is 0.500. The van der Waals surface area contributed by atoms with Crippen LogP contribution < -0.4 is 5.32 Å². The van der Waals surface area contributed by atoms with Crippen molar-refractivity contribution in [2.24, 2.45) is 5.92 Å². The Labute approximate surface area is 114 Å². The molecule has 1 unspecified atom stereocenters. The van der Waals surface area contributed by atoms with E-state index >= 15 is 0 Å². The second kappa shape index (κ2) is 5.56. The molecule has 0 aliphatic carbocycles. The van der Waals surface area contributed by atoms with Gasteiger partial charge in [-0.25, -0.2) is 8.42 Å². The summed E-state index contributed by atoms with van der Waals surface area (Å²) in [7, 11) is 1.44. The van der Waals surface area contributed by atoms with Gasteiger partial charge >= 0.3 is 0 Å². The normalized spacial score (nSPS) is 19.9. The average Bonchev–Trinajstić information content (AvgIpc) is 2.96. The summed E-state index contributed by atoms with van der Waals surface area (Å²) in [6.07, 6.45) is 0.936. The number of nitrogens with one attached hydrogen (secondary N) is 1. The summed E-state index contributed by atoms with van der Waals surface area (Å²) in [4.78, 5) is 11.8. The van der Waals surface area contributed by atoms with Crippen molar-refractivity contribution in [3.05, 3.63) is 17.0 Å². The fourth-order valence-corrected chi connectivity index (χ4v) is 3.59. The van der Waals surface area contributed by atoms with Crippen molar-refractivity contribution in [1.82, 2.24) is 5.32 Å². The molecule has 18 heavy (non-hydrogen) atoms. The van der Waals surface area contributed by atoms with Crippen LogP contribution in [0.15, 0.2) is 15.7 Å². The lowest BCUT2D eigenvalue weighted by Gasteiger charge is -2.08. The molecule has 1 aromatic rings. The Morgan fingerprint density at radius 3 is 2.94 bits per heavy atom. The maximum atomic E-state index is 11.8. The lowest BCUT2D eigenvalue weighted by molar-refractivity contribution is 0.0945. The van der Waals surface area contributed by atoms with Gasteiger partial charge in [0.25, 0.3) is 15.0 Å². The third-order valence-electron chi connectivity index (χ3n) is 2.65.